The maximum atomic E-state index is 10.9. The van der Waals surface area contributed by atoms with Gasteiger partial charge in [0, 0.05) is 19.6 Å². The number of hydrogen-bond acceptors (Lipinski definition) is 5. The molecule has 34 heavy (non-hydrogen) atoms. The Morgan fingerprint density at radius 3 is 2.35 bits per heavy atom. The van der Waals surface area contributed by atoms with Gasteiger partial charge >= 0.3 is 5.97 Å². The zero-order chi connectivity index (χ0) is 23.8. The molecule has 0 saturated carbocycles. The maximum Gasteiger partial charge on any atom is 0.304 e. The summed E-state index contributed by atoms with van der Waals surface area (Å²) in [7, 11) is 0. The summed E-state index contributed by atoms with van der Waals surface area (Å²) < 4.78 is 17.8. The fraction of sp³-hybridized carbons (Fsp3) is 0.321. The van der Waals surface area contributed by atoms with Gasteiger partial charge in [-0.15, -0.1) is 0 Å². The topological polar surface area (TPSA) is 68.2 Å². The Hall–Kier alpha value is -3.35. The normalized spacial score (nSPS) is 16.2. The summed E-state index contributed by atoms with van der Waals surface area (Å²) in [6, 6.07) is 24.1. The number of carbonyl (C=O) groups is 1. The number of rotatable bonds is 10. The highest BCUT2D eigenvalue weighted by Gasteiger charge is 2.23. The number of aryl methyl sites for hydroxylation is 1. The Kier molecular flexibility index (Phi) is 8.17. The van der Waals surface area contributed by atoms with Crippen molar-refractivity contribution in [2.75, 3.05) is 26.2 Å². The fourth-order valence-corrected chi connectivity index (χ4v) is 4.04. The van der Waals surface area contributed by atoms with E-state index in [-0.39, 0.29) is 12.5 Å². The predicted molar refractivity (Wildman–Crippen MR) is 130 cm³/mol. The Balaban J connectivity index is 1.28. The van der Waals surface area contributed by atoms with Crippen molar-refractivity contribution in [3.8, 4) is 11.5 Å². The van der Waals surface area contributed by atoms with Gasteiger partial charge in [-0.2, -0.15) is 0 Å². The van der Waals surface area contributed by atoms with Crippen LogP contribution in [0.1, 0.15) is 34.8 Å². The standard InChI is InChI=1S/C28H31NO5/c1-21-17-25(11-12-26(21)27-18-29(15-16-32-27)14-13-28(30)31)34-20-23-7-9-24(10-8-23)33-19-22-5-3-2-4-6-22/h2-12,17,27H,13-16,18-20H2,1H3,(H,30,31). The van der Waals surface area contributed by atoms with Gasteiger partial charge in [0.25, 0.3) is 0 Å². The van der Waals surface area contributed by atoms with E-state index in [1.807, 2.05) is 66.7 Å². The summed E-state index contributed by atoms with van der Waals surface area (Å²) >= 11 is 0. The SMILES string of the molecule is Cc1cc(OCc2ccc(OCc3ccccc3)cc2)ccc1C1CN(CCC(=O)O)CCO1. The summed E-state index contributed by atoms with van der Waals surface area (Å²) in [4.78, 5) is 13.0. The lowest BCUT2D eigenvalue weighted by molar-refractivity contribution is -0.137. The highest BCUT2D eigenvalue weighted by molar-refractivity contribution is 5.66. The quantitative estimate of drug-likeness (QED) is 0.458. The van der Waals surface area contributed by atoms with E-state index < -0.39 is 5.97 Å². The second kappa shape index (κ2) is 11.7. The van der Waals surface area contributed by atoms with Crippen molar-refractivity contribution in [3.63, 3.8) is 0 Å². The van der Waals surface area contributed by atoms with Crippen molar-refractivity contribution < 1.29 is 24.1 Å². The summed E-state index contributed by atoms with van der Waals surface area (Å²) in [5, 5.41) is 8.94. The number of nitrogens with zero attached hydrogens (tertiary/aromatic N) is 1. The number of ether oxygens (including phenoxy) is 3. The van der Waals surface area contributed by atoms with Crippen LogP contribution in [0.2, 0.25) is 0 Å². The minimum Gasteiger partial charge on any atom is -0.489 e. The number of carboxylic acid groups (broad SMARTS) is 1. The first-order valence-electron chi connectivity index (χ1n) is 11.6. The average Bonchev–Trinajstić information content (AvgIpc) is 2.86. The zero-order valence-electron chi connectivity index (χ0n) is 19.5. The lowest BCUT2D eigenvalue weighted by Gasteiger charge is -2.33. The summed E-state index contributed by atoms with van der Waals surface area (Å²) in [6.07, 6.45) is 0.0959. The maximum absolute atomic E-state index is 10.9. The molecule has 178 valence electrons. The van der Waals surface area contributed by atoms with Crippen LogP contribution in [0.25, 0.3) is 0 Å². The van der Waals surface area contributed by atoms with Gasteiger partial charge in [-0.25, -0.2) is 0 Å². The third-order valence-electron chi connectivity index (χ3n) is 5.96. The van der Waals surface area contributed by atoms with Crippen LogP contribution in [0.5, 0.6) is 11.5 Å². The van der Waals surface area contributed by atoms with Crippen molar-refractivity contribution in [1.29, 1.82) is 0 Å². The van der Waals surface area contributed by atoms with Gasteiger partial charge in [0.15, 0.2) is 0 Å². The van der Waals surface area contributed by atoms with Crippen LogP contribution < -0.4 is 9.47 Å². The van der Waals surface area contributed by atoms with Crippen LogP contribution in [0.15, 0.2) is 72.8 Å². The van der Waals surface area contributed by atoms with Crippen LogP contribution in [-0.2, 0) is 22.7 Å². The molecule has 1 heterocycles. The molecule has 0 bridgehead atoms. The van der Waals surface area contributed by atoms with Crippen molar-refractivity contribution in [2.24, 2.45) is 0 Å². The fourth-order valence-electron chi connectivity index (χ4n) is 4.04. The Morgan fingerprint density at radius 1 is 0.971 bits per heavy atom. The third kappa shape index (κ3) is 6.83. The molecular formula is C28H31NO5. The molecule has 4 rings (SSSR count). The van der Waals surface area contributed by atoms with Crippen LogP contribution in [0.3, 0.4) is 0 Å². The molecule has 3 aromatic carbocycles. The van der Waals surface area contributed by atoms with Crippen molar-refractivity contribution >= 4 is 5.97 Å². The third-order valence-corrected chi connectivity index (χ3v) is 5.96. The van der Waals surface area contributed by atoms with Crippen LogP contribution in [0.4, 0.5) is 0 Å². The molecular weight excluding hydrogens is 430 g/mol. The predicted octanol–water partition coefficient (Wildman–Crippen LogP) is 5.00. The van der Waals surface area contributed by atoms with Crippen molar-refractivity contribution in [1.82, 2.24) is 4.90 Å². The molecule has 1 saturated heterocycles. The van der Waals surface area contributed by atoms with E-state index in [9.17, 15) is 4.79 Å². The zero-order valence-corrected chi connectivity index (χ0v) is 19.5. The molecule has 6 nitrogen and oxygen atoms in total. The average molecular weight is 462 g/mol. The number of hydrogen-bond donors (Lipinski definition) is 1. The molecule has 1 aliphatic rings. The molecule has 0 aromatic heterocycles. The molecule has 3 aromatic rings. The monoisotopic (exact) mass is 461 g/mol. The lowest BCUT2D eigenvalue weighted by Crippen LogP contribution is -2.39. The van der Waals surface area contributed by atoms with E-state index >= 15 is 0 Å². The van der Waals surface area contributed by atoms with Crippen LogP contribution in [-0.4, -0.2) is 42.2 Å². The van der Waals surface area contributed by atoms with Gasteiger partial charge in [-0.1, -0.05) is 48.5 Å². The van der Waals surface area contributed by atoms with Crippen LogP contribution in [0, 0.1) is 6.92 Å². The van der Waals surface area contributed by atoms with E-state index in [0.29, 0.717) is 32.9 Å². The summed E-state index contributed by atoms with van der Waals surface area (Å²) in [6.45, 7) is 5.69. The number of benzene rings is 3. The molecule has 1 unspecified atom stereocenters. The van der Waals surface area contributed by atoms with Gasteiger partial charge in [-0.05, 0) is 53.4 Å². The number of carboxylic acids is 1. The van der Waals surface area contributed by atoms with E-state index in [1.54, 1.807) is 0 Å². The van der Waals surface area contributed by atoms with Crippen molar-refractivity contribution in [3.05, 3.63) is 95.1 Å². The van der Waals surface area contributed by atoms with Crippen molar-refractivity contribution in [2.45, 2.75) is 32.7 Å². The van der Waals surface area contributed by atoms with Gasteiger partial charge in [-0.3, -0.25) is 9.69 Å². The molecule has 0 amide bonds. The van der Waals surface area contributed by atoms with Crippen LogP contribution >= 0.6 is 0 Å². The van der Waals surface area contributed by atoms with E-state index in [1.165, 1.54) is 0 Å². The highest BCUT2D eigenvalue weighted by atomic mass is 16.5. The Bertz CT molecular complexity index is 1070. The minimum atomic E-state index is -0.768. The van der Waals surface area contributed by atoms with Gasteiger partial charge in [0.2, 0.25) is 0 Å². The first-order valence-corrected chi connectivity index (χ1v) is 11.6. The molecule has 0 radical (unpaired) electrons. The Labute approximate surface area is 200 Å². The lowest BCUT2D eigenvalue weighted by atomic mass is 10.0. The second-order valence-corrected chi connectivity index (χ2v) is 8.53. The largest absolute Gasteiger partial charge is 0.489 e. The molecule has 1 fully saturated rings. The first kappa shape index (κ1) is 23.8. The smallest absolute Gasteiger partial charge is 0.304 e. The van der Waals surface area contributed by atoms with Gasteiger partial charge in [0.1, 0.15) is 24.7 Å². The molecule has 1 aliphatic heterocycles. The summed E-state index contributed by atoms with van der Waals surface area (Å²) in [5.41, 5.74) is 4.43. The van der Waals surface area contributed by atoms with Gasteiger partial charge in [0.05, 0.1) is 19.1 Å². The van der Waals surface area contributed by atoms with Gasteiger partial charge < -0.3 is 19.3 Å². The number of aliphatic carboxylic acids is 1. The molecule has 1 N–H and O–H groups in total. The first-order chi connectivity index (χ1) is 16.6. The molecule has 6 heteroatoms. The number of morpholine rings is 1. The second-order valence-electron chi connectivity index (χ2n) is 8.53. The van der Waals surface area contributed by atoms with E-state index in [0.717, 1.165) is 40.3 Å². The van der Waals surface area contributed by atoms with E-state index in [4.69, 9.17) is 19.3 Å². The molecule has 1 atom stereocenters. The Morgan fingerprint density at radius 2 is 1.65 bits per heavy atom. The molecule has 0 aliphatic carbocycles. The highest BCUT2D eigenvalue weighted by Crippen LogP contribution is 2.28. The molecule has 0 spiro atoms. The summed E-state index contributed by atoms with van der Waals surface area (Å²) in [5.74, 6) is 0.872. The minimum absolute atomic E-state index is 0.0555. The van der Waals surface area contributed by atoms with E-state index in [2.05, 4.69) is 17.9 Å².